The third kappa shape index (κ3) is 4.46. The van der Waals surface area contributed by atoms with Gasteiger partial charge in [0.15, 0.2) is 5.78 Å². The maximum Gasteiger partial charge on any atom is 0.262 e. The molecule has 1 spiro atoms. The van der Waals surface area contributed by atoms with E-state index in [1.54, 1.807) is 6.08 Å². The Bertz CT molecular complexity index is 1250. The second kappa shape index (κ2) is 9.41. The summed E-state index contributed by atoms with van der Waals surface area (Å²) in [5, 5.41) is 3.70. The molecule has 178 valence electrons. The van der Waals surface area contributed by atoms with Crippen molar-refractivity contribution in [2.75, 3.05) is 29.2 Å². The summed E-state index contributed by atoms with van der Waals surface area (Å²) in [5.41, 5.74) is 4.68. The molecule has 1 aliphatic carbocycles. The summed E-state index contributed by atoms with van der Waals surface area (Å²) >= 11 is 0. The fraction of sp³-hybridized carbons (Fsp3) is 0.267. The van der Waals surface area contributed by atoms with E-state index in [2.05, 4.69) is 5.32 Å². The lowest BCUT2D eigenvalue weighted by molar-refractivity contribution is 0.0938. The van der Waals surface area contributed by atoms with Crippen molar-refractivity contribution >= 4 is 34.8 Å². The van der Waals surface area contributed by atoms with Gasteiger partial charge in [0.1, 0.15) is 5.66 Å². The van der Waals surface area contributed by atoms with Gasteiger partial charge in [-0.15, -0.1) is 0 Å². The summed E-state index contributed by atoms with van der Waals surface area (Å²) < 4.78 is 0. The first kappa shape index (κ1) is 22.9. The first-order valence-corrected chi connectivity index (χ1v) is 12.3. The molecular formula is C30H31N3O2. The van der Waals surface area contributed by atoms with Crippen LogP contribution in [0.4, 0.5) is 17.1 Å². The lowest BCUT2D eigenvalue weighted by Gasteiger charge is -2.50. The van der Waals surface area contributed by atoms with Crippen molar-refractivity contribution in [1.82, 2.24) is 0 Å². The van der Waals surface area contributed by atoms with Crippen molar-refractivity contribution < 1.29 is 9.59 Å². The van der Waals surface area contributed by atoms with Crippen molar-refractivity contribution in [3.8, 4) is 0 Å². The van der Waals surface area contributed by atoms with E-state index in [1.807, 2.05) is 103 Å². The molecule has 35 heavy (non-hydrogen) atoms. The molecule has 1 N–H and O–H groups in total. The topological polar surface area (TPSA) is 52.7 Å². The molecule has 1 amide bonds. The Kier molecular flexibility index (Phi) is 6.16. The van der Waals surface area contributed by atoms with Gasteiger partial charge in [-0.05, 0) is 85.9 Å². The number of fused-ring (bicyclic) bond motifs is 1. The van der Waals surface area contributed by atoms with Gasteiger partial charge in [-0.1, -0.05) is 36.8 Å². The Morgan fingerprint density at radius 3 is 2.29 bits per heavy atom. The molecule has 3 aromatic rings. The zero-order valence-electron chi connectivity index (χ0n) is 20.3. The van der Waals surface area contributed by atoms with Gasteiger partial charge < -0.3 is 10.2 Å². The number of anilines is 3. The number of rotatable bonds is 5. The Balaban J connectivity index is 1.39. The van der Waals surface area contributed by atoms with Crippen molar-refractivity contribution in [1.29, 1.82) is 0 Å². The molecule has 0 bridgehead atoms. The predicted octanol–water partition coefficient (Wildman–Crippen LogP) is 6.38. The second-order valence-electron chi connectivity index (χ2n) is 9.63. The van der Waals surface area contributed by atoms with Crippen LogP contribution in [0.5, 0.6) is 0 Å². The van der Waals surface area contributed by atoms with E-state index in [4.69, 9.17) is 0 Å². The molecule has 0 aromatic heterocycles. The first-order valence-electron chi connectivity index (χ1n) is 12.3. The van der Waals surface area contributed by atoms with Crippen molar-refractivity contribution in [2.45, 2.75) is 37.8 Å². The number of hydrogen-bond donors (Lipinski definition) is 1. The van der Waals surface area contributed by atoms with E-state index in [1.165, 1.54) is 6.42 Å². The van der Waals surface area contributed by atoms with Crippen LogP contribution in [0.1, 0.15) is 58.4 Å². The fourth-order valence-corrected chi connectivity index (χ4v) is 5.18. The molecule has 5 heteroatoms. The third-order valence-electron chi connectivity index (χ3n) is 7.08. The summed E-state index contributed by atoms with van der Waals surface area (Å²) in [6, 6.07) is 23.2. The molecule has 0 atom stereocenters. The fourth-order valence-electron chi connectivity index (χ4n) is 5.18. The highest BCUT2D eigenvalue weighted by atomic mass is 16.2. The Morgan fingerprint density at radius 2 is 1.60 bits per heavy atom. The van der Waals surface area contributed by atoms with Crippen molar-refractivity contribution in [2.24, 2.45) is 0 Å². The minimum absolute atomic E-state index is 0.0152. The number of allylic oxidation sites excluding steroid dienone is 1. The predicted molar refractivity (Wildman–Crippen MR) is 143 cm³/mol. The van der Waals surface area contributed by atoms with Gasteiger partial charge in [-0.2, -0.15) is 0 Å². The van der Waals surface area contributed by atoms with Gasteiger partial charge in [0, 0.05) is 36.7 Å². The van der Waals surface area contributed by atoms with Gasteiger partial charge in [-0.25, -0.2) is 0 Å². The summed E-state index contributed by atoms with van der Waals surface area (Å²) in [6.45, 7) is 0. The van der Waals surface area contributed by atoms with E-state index < -0.39 is 5.66 Å². The van der Waals surface area contributed by atoms with Crippen LogP contribution < -0.4 is 15.1 Å². The molecule has 1 aliphatic heterocycles. The lowest BCUT2D eigenvalue weighted by Crippen LogP contribution is -2.61. The maximum atomic E-state index is 13.6. The van der Waals surface area contributed by atoms with Gasteiger partial charge in [0.05, 0.1) is 5.56 Å². The first-order chi connectivity index (χ1) is 17.0. The smallest absolute Gasteiger partial charge is 0.262 e. The molecule has 5 rings (SSSR count). The van der Waals surface area contributed by atoms with Crippen LogP contribution >= 0.6 is 0 Å². The SMILES string of the molecule is CN(C)c1ccc(/C=C/C(=O)c2ccc(N3C(=O)c4ccccc4NC34CCCCC4)cc2)cc1. The highest BCUT2D eigenvalue weighted by molar-refractivity contribution is 6.13. The molecular weight excluding hydrogens is 434 g/mol. The van der Waals surface area contributed by atoms with E-state index in [9.17, 15) is 9.59 Å². The summed E-state index contributed by atoms with van der Waals surface area (Å²) in [5.74, 6) is -0.0459. The normalized spacial score (nSPS) is 16.7. The summed E-state index contributed by atoms with van der Waals surface area (Å²) in [6.07, 6.45) is 8.59. The van der Waals surface area contributed by atoms with E-state index in [-0.39, 0.29) is 11.7 Å². The van der Waals surface area contributed by atoms with Gasteiger partial charge in [0.2, 0.25) is 0 Å². The number of para-hydroxylation sites is 1. The van der Waals surface area contributed by atoms with Crippen LogP contribution in [0.3, 0.4) is 0 Å². The van der Waals surface area contributed by atoms with Crippen LogP contribution in [0.2, 0.25) is 0 Å². The van der Waals surface area contributed by atoms with E-state index in [0.29, 0.717) is 11.1 Å². The minimum atomic E-state index is -0.423. The summed E-state index contributed by atoms with van der Waals surface area (Å²) in [7, 11) is 4.00. The number of benzene rings is 3. The molecule has 0 radical (unpaired) electrons. The molecule has 1 fully saturated rings. The Hall–Kier alpha value is -3.86. The monoisotopic (exact) mass is 465 g/mol. The van der Waals surface area contributed by atoms with Crippen LogP contribution in [-0.4, -0.2) is 31.4 Å². The van der Waals surface area contributed by atoms with E-state index >= 15 is 0 Å². The Morgan fingerprint density at radius 1 is 0.914 bits per heavy atom. The number of nitrogens with one attached hydrogen (secondary N) is 1. The zero-order chi connectivity index (χ0) is 24.4. The highest BCUT2D eigenvalue weighted by Crippen LogP contribution is 2.42. The molecule has 2 aliphatic rings. The quantitative estimate of drug-likeness (QED) is 0.351. The third-order valence-corrected chi connectivity index (χ3v) is 7.08. The molecule has 1 heterocycles. The molecule has 5 nitrogen and oxygen atoms in total. The second-order valence-corrected chi connectivity index (χ2v) is 9.63. The average Bonchev–Trinajstić information content (AvgIpc) is 2.88. The number of carbonyl (C=O) groups excluding carboxylic acids is 2. The number of hydrogen-bond acceptors (Lipinski definition) is 4. The van der Waals surface area contributed by atoms with Crippen LogP contribution in [-0.2, 0) is 0 Å². The number of ketones is 1. The van der Waals surface area contributed by atoms with Gasteiger partial charge in [0.25, 0.3) is 5.91 Å². The number of nitrogens with zero attached hydrogens (tertiary/aromatic N) is 2. The average molecular weight is 466 g/mol. The van der Waals surface area contributed by atoms with Crippen molar-refractivity contribution in [3.63, 3.8) is 0 Å². The standard InChI is InChI=1S/C30H31N3O2/c1-32(2)24-15-10-22(11-16-24)12-19-28(34)23-13-17-25(18-14-23)33-29(35)26-8-4-5-9-27(26)31-30(33)20-6-3-7-21-30/h4-5,8-19,31H,3,6-7,20-21H2,1-2H3/b19-12+. The zero-order valence-corrected chi connectivity index (χ0v) is 20.3. The molecule has 3 aromatic carbocycles. The maximum absolute atomic E-state index is 13.6. The van der Waals surface area contributed by atoms with Crippen LogP contribution in [0.15, 0.2) is 78.9 Å². The minimum Gasteiger partial charge on any atom is -0.378 e. The van der Waals surface area contributed by atoms with E-state index in [0.717, 1.165) is 48.3 Å². The summed E-state index contributed by atoms with van der Waals surface area (Å²) in [4.78, 5) is 30.4. The van der Waals surface area contributed by atoms with Crippen LogP contribution in [0, 0.1) is 0 Å². The van der Waals surface area contributed by atoms with Gasteiger partial charge >= 0.3 is 0 Å². The van der Waals surface area contributed by atoms with Crippen molar-refractivity contribution in [3.05, 3.63) is 95.6 Å². The largest absolute Gasteiger partial charge is 0.378 e. The lowest BCUT2D eigenvalue weighted by atomic mass is 9.84. The highest BCUT2D eigenvalue weighted by Gasteiger charge is 2.45. The van der Waals surface area contributed by atoms with Crippen LogP contribution in [0.25, 0.3) is 6.08 Å². The number of carbonyl (C=O) groups is 2. The molecule has 0 unspecified atom stereocenters. The Labute approximate surface area is 207 Å². The molecule has 0 saturated heterocycles. The number of amides is 1. The van der Waals surface area contributed by atoms with Gasteiger partial charge in [-0.3, -0.25) is 14.5 Å². The molecule has 1 saturated carbocycles.